The average Bonchev–Trinajstić information content (AvgIpc) is 2.87. The Morgan fingerprint density at radius 3 is 2.55 bits per heavy atom. The molecule has 3 atom stereocenters. The molecule has 1 heterocycles. The standard InChI is InChI=1S/C24H34N2O5/c1-16-11-23(3,4)15-24(12-16)21(29)26(22(30)25-24)13-19(28)14-31-20-9-7-18(8-10-20)6-5-17(2)27/h7-10,16,19,28H,5-6,11-15H2,1-4H3,(H,25,30)/t16-,19+,24-/m0/s1. The van der Waals surface area contributed by atoms with Gasteiger partial charge in [0.15, 0.2) is 0 Å². The first-order valence-corrected chi connectivity index (χ1v) is 11.0. The van der Waals surface area contributed by atoms with Gasteiger partial charge in [-0.25, -0.2) is 4.79 Å². The highest BCUT2D eigenvalue weighted by atomic mass is 16.5. The van der Waals surface area contributed by atoms with Crippen LogP contribution in [0.2, 0.25) is 0 Å². The summed E-state index contributed by atoms with van der Waals surface area (Å²) in [6.07, 6.45) is 2.44. The zero-order valence-corrected chi connectivity index (χ0v) is 18.9. The minimum Gasteiger partial charge on any atom is -0.491 e. The van der Waals surface area contributed by atoms with Crippen LogP contribution in [0.4, 0.5) is 4.79 Å². The Balaban J connectivity index is 1.54. The molecule has 0 bridgehead atoms. The molecule has 2 aliphatic rings. The van der Waals surface area contributed by atoms with E-state index < -0.39 is 17.7 Å². The monoisotopic (exact) mass is 430 g/mol. The second kappa shape index (κ2) is 8.99. The van der Waals surface area contributed by atoms with E-state index >= 15 is 0 Å². The number of ether oxygens (including phenoxy) is 1. The highest BCUT2D eigenvalue weighted by Gasteiger charge is 2.56. The third-order valence-electron chi connectivity index (χ3n) is 6.15. The first kappa shape index (κ1) is 23.3. The highest BCUT2D eigenvalue weighted by Crippen LogP contribution is 2.46. The van der Waals surface area contributed by atoms with Crippen molar-refractivity contribution in [2.75, 3.05) is 13.2 Å². The summed E-state index contributed by atoms with van der Waals surface area (Å²) >= 11 is 0. The van der Waals surface area contributed by atoms with Crippen molar-refractivity contribution in [1.29, 1.82) is 0 Å². The minimum absolute atomic E-state index is 0.0290. The third-order valence-corrected chi connectivity index (χ3v) is 6.15. The number of aryl methyl sites for hydroxylation is 1. The van der Waals surface area contributed by atoms with Crippen LogP contribution in [0, 0.1) is 11.3 Å². The number of carbonyl (C=O) groups excluding carboxylic acids is 3. The fraction of sp³-hybridized carbons (Fsp3) is 0.625. The van der Waals surface area contributed by atoms with Crippen molar-refractivity contribution in [2.45, 2.75) is 71.4 Å². The molecule has 1 saturated heterocycles. The molecule has 1 aromatic rings. The van der Waals surface area contributed by atoms with Crippen LogP contribution in [-0.4, -0.2) is 52.5 Å². The third kappa shape index (κ3) is 5.64. The van der Waals surface area contributed by atoms with Crippen LogP contribution >= 0.6 is 0 Å². The van der Waals surface area contributed by atoms with E-state index in [2.05, 4.69) is 26.1 Å². The number of Topliss-reactive ketones (excluding diaryl/α,β-unsaturated/α-hetero) is 1. The Labute approximate surface area is 184 Å². The summed E-state index contributed by atoms with van der Waals surface area (Å²) in [5, 5.41) is 13.3. The Morgan fingerprint density at radius 1 is 1.26 bits per heavy atom. The van der Waals surface area contributed by atoms with Gasteiger partial charge in [0.25, 0.3) is 5.91 Å². The van der Waals surface area contributed by atoms with Crippen LogP contribution in [0.5, 0.6) is 5.75 Å². The van der Waals surface area contributed by atoms with Crippen LogP contribution in [-0.2, 0) is 16.0 Å². The number of urea groups is 1. The molecule has 2 N–H and O–H groups in total. The molecule has 1 saturated carbocycles. The number of aliphatic hydroxyl groups excluding tert-OH is 1. The molecule has 1 aliphatic heterocycles. The second-order valence-electron chi connectivity index (χ2n) is 10.1. The van der Waals surface area contributed by atoms with Gasteiger partial charge in [-0.05, 0) is 61.6 Å². The number of nitrogens with zero attached hydrogens (tertiary/aromatic N) is 1. The topological polar surface area (TPSA) is 95.9 Å². The summed E-state index contributed by atoms with van der Waals surface area (Å²) < 4.78 is 5.63. The fourth-order valence-corrected chi connectivity index (χ4v) is 5.20. The molecule has 31 heavy (non-hydrogen) atoms. The van der Waals surface area contributed by atoms with E-state index in [9.17, 15) is 19.5 Å². The molecule has 0 radical (unpaired) electrons. The average molecular weight is 431 g/mol. The number of hydrogen-bond acceptors (Lipinski definition) is 5. The van der Waals surface area contributed by atoms with Gasteiger partial charge in [-0.3, -0.25) is 9.69 Å². The van der Waals surface area contributed by atoms with E-state index in [0.717, 1.165) is 16.9 Å². The van der Waals surface area contributed by atoms with Crippen molar-refractivity contribution in [3.63, 3.8) is 0 Å². The van der Waals surface area contributed by atoms with Gasteiger partial charge in [0.1, 0.15) is 29.8 Å². The number of ketones is 1. The van der Waals surface area contributed by atoms with Gasteiger partial charge in [-0.1, -0.05) is 32.9 Å². The Morgan fingerprint density at radius 2 is 1.94 bits per heavy atom. The Hall–Kier alpha value is -2.41. The fourth-order valence-electron chi connectivity index (χ4n) is 5.20. The molecule has 170 valence electrons. The first-order valence-electron chi connectivity index (χ1n) is 11.0. The number of aliphatic hydroxyl groups is 1. The molecule has 7 nitrogen and oxygen atoms in total. The summed E-state index contributed by atoms with van der Waals surface area (Å²) in [5.41, 5.74) is 0.140. The highest BCUT2D eigenvalue weighted by molar-refractivity contribution is 6.07. The van der Waals surface area contributed by atoms with Gasteiger partial charge < -0.3 is 20.0 Å². The number of hydrogen-bond donors (Lipinski definition) is 2. The number of imide groups is 1. The smallest absolute Gasteiger partial charge is 0.325 e. The summed E-state index contributed by atoms with van der Waals surface area (Å²) in [6, 6.07) is 6.91. The molecule has 1 aliphatic carbocycles. The van der Waals surface area contributed by atoms with Crippen molar-refractivity contribution in [2.24, 2.45) is 11.3 Å². The molecule has 3 amide bonds. The van der Waals surface area contributed by atoms with Crippen LogP contribution in [0.25, 0.3) is 0 Å². The van der Waals surface area contributed by atoms with E-state index in [1.54, 1.807) is 19.1 Å². The summed E-state index contributed by atoms with van der Waals surface area (Å²) in [6.45, 7) is 7.80. The van der Waals surface area contributed by atoms with Gasteiger partial charge in [0, 0.05) is 6.42 Å². The second-order valence-corrected chi connectivity index (χ2v) is 10.1. The zero-order chi connectivity index (χ0) is 22.8. The quantitative estimate of drug-likeness (QED) is 0.618. The first-order chi connectivity index (χ1) is 14.5. The largest absolute Gasteiger partial charge is 0.491 e. The lowest BCUT2D eigenvalue weighted by atomic mass is 9.64. The van der Waals surface area contributed by atoms with E-state index in [1.165, 1.54) is 0 Å². The maximum absolute atomic E-state index is 13.1. The zero-order valence-electron chi connectivity index (χ0n) is 18.9. The molecule has 1 aromatic carbocycles. The maximum Gasteiger partial charge on any atom is 0.325 e. The molecule has 0 aromatic heterocycles. The van der Waals surface area contributed by atoms with Crippen molar-refractivity contribution >= 4 is 17.7 Å². The van der Waals surface area contributed by atoms with Crippen LogP contribution in [0.3, 0.4) is 0 Å². The van der Waals surface area contributed by atoms with Gasteiger partial charge >= 0.3 is 6.03 Å². The van der Waals surface area contributed by atoms with E-state index in [-0.39, 0.29) is 30.3 Å². The van der Waals surface area contributed by atoms with E-state index in [0.29, 0.717) is 37.4 Å². The molecule has 3 rings (SSSR count). The lowest BCUT2D eigenvalue weighted by Gasteiger charge is -2.43. The molecular weight excluding hydrogens is 396 g/mol. The van der Waals surface area contributed by atoms with Crippen molar-refractivity contribution in [1.82, 2.24) is 10.2 Å². The molecule has 0 unspecified atom stereocenters. The van der Waals surface area contributed by atoms with E-state index in [4.69, 9.17) is 4.74 Å². The Kier molecular flexibility index (Phi) is 6.74. The maximum atomic E-state index is 13.1. The molecular formula is C24H34N2O5. The van der Waals surface area contributed by atoms with Crippen molar-refractivity contribution in [3.8, 4) is 5.75 Å². The van der Waals surface area contributed by atoms with Crippen LogP contribution < -0.4 is 10.1 Å². The van der Waals surface area contributed by atoms with Crippen LogP contribution in [0.15, 0.2) is 24.3 Å². The lowest BCUT2D eigenvalue weighted by Crippen LogP contribution is -2.54. The summed E-state index contributed by atoms with van der Waals surface area (Å²) in [7, 11) is 0. The van der Waals surface area contributed by atoms with Gasteiger partial charge in [-0.2, -0.15) is 0 Å². The SMILES string of the molecule is CC(=O)CCc1ccc(OC[C@H](O)CN2C(=O)N[C@]3(C[C@@H](C)CC(C)(C)C3)C2=O)cc1. The van der Waals surface area contributed by atoms with Crippen LogP contribution in [0.1, 0.15) is 58.9 Å². The number of β-amino-alcohol motifs (C(OH)–C–C–N with tert-alkyl or cyclic N) is 1. The number of amides is 3. The number of nitrogens with one attached hydrogen (secondary N) is 1. The molecule has 7 heteroatoms. The van der Waals surface area contributed by atoms with Gasteiger partial charge in [0.2, 0.25) is 0 Å². The van der Waals surface area contributed by atoms with Crippen molar-refractivity contribution < 1.29 is 24.2 Å². The number of benzene rings is 1. The van der Waals surface area contributed by atoms with E-state index in [1.807, 2.05) is 12.1 Å². The predicted octanol–water partition coefficient (Wildman–Crippen LogP) is 3.08. The number of rotatable bonds is 8. The summed E-state index contributed by atoms with van der Waals surface area (Å²) in [5.74, 6) is 0.824. The minimum atomic E-state index is -0.990. The lowest BCUT2D eigenvalue weighted by molar-refractivity contribution is -0.135. The molecule has 1 spiro atoms. The van der Waals surface area contributed by atoms with Gasteiger partial charge in [0.05, 0.1) is 6.54 Å². The molecule has 2 fully saturated rings. The summed E-state index contributed by atoms with van der Waals surface area (Å²) in [4.78, 5) is 37.9. The predicted molar refractivity (Wildman–Crippen MR) is 117 cm³/mol. The number of carbonyl (C=O) groups is 3. The normalized spacial score (nSPS) is 26.1. The van der Waals surface area contributed by atoms with Gasteiger partial charge in [-0.15, -0.1) is 0 Å². The van der Waals surface area contributed by atoms with Crippen molar-refractivity contribution in [3.05, 3.63) is 29.8 Å². The Bertz CT molecular complexity index is 835.